The molecule has 148 valence electrons. The van der Waals surface area contributed by atoms with Crippen molar-refractivity contribution < 1.29 is 23.5 Å². The summed E-state index contributed by atoms with van der Waals surface area (Å²) in [6.45, 7) is 3.21. The van der Waals surface area contributed by atoms with E-state index in [0.717, 1.165) is 0 Å². The molecular formula is C20H22FN3O4. The number of halogens is 1. The second-order valence-electron chi connectivity index (χ2n) is 6.19. The summed E-state index contributed by atoms with van der Waals surface area (Å²) in [5, 5.41) is 5.21. The second kappa shape index (κ2) is 9.50. The molecule has 0 heterocycles. The lowest BCUT2D eigenvalue weighted by atomic mass is 10.1. The van der Waals surface area contributed by atoms with Crippen molar-refractivity contribution in [2.24, 2.45) is 0 Å². The minimum Gasteiger partial charge on any atom is -0.492 e. The number of likely N-dealkylation sites (N-methyl/N-ethyl adjacent to an activating group) is 1. The molecule has 0 unspecified atom stereocenters. The molecule has 0 aliphatic carbocycles. The van der Waals surface area contributed by atoms with E-state index in [4.69, 9.17) is 4.74 Å². The van der Waals surface area contributed by atoms with Crippen molar-refractivity contribution in [3.8, 4) is 5.75 Å². The first kappa shape index (κ1) is 20.9. The number of nitrogens with one attached hydrogen (secondary N) is 2. The largest absolute Gasteiger partial charge is 0.492 e. The predicted molar refractivity (Wildman–Crippen MR) is 104 cm³/mol. The molecule has 2 N–H and O–H groups in total. The molecule has 0 saturated heterocycles. The summed E-state index contributed by atoms with van der Waals surface area (Å²) in [6.07, 6.45) is 0. The molecule has 0 saturated carbocycles. The predicted octanol–water partition coefficient (Wildman–Crippen LogP) is 2.89. The van der Waals surface area contributed by atoms with Gasteiger partial charge in [-0.05, 0) is 42.5 Å². The van der Waals surface area contributed by atoms with Crippen LogP contribution >= 0.6 is 0 Å². The van der Waals surface area contributed by atoms with Crippen molar-refractivity contribution in [2.45, 2.75) is 13.8 Å². The Kier molecular flexibility index (Phi) is 7.08. The summed E-state index contributed by atoms with van der Waals surface area (Å²) >= 11 is 0. The Labute approximate surface area is 162 Å². The third kappa shape index (κ3) is 6.39. The van der Waals surface area contributed by atoms with Crippen LogP contribution in [0.5, 0.6) is 5.75 Å². The second-order valence-corrected chi connectivity index (χ2v) is 6.19. The highest BCUT2D eigenvalue weighted by atomic mass is 19.1. The fraction of sp³-hybridized carbons (Fsp3) is 0.250. The summed E-state index contributed by atoms with van der Waals surface area (Å²) in [5.41, 5.74) is 1.11. The first-order chi connectivity index (χ1) is 13.2. The Balaban J connectivity index is 2.06. The Morgan fingerprint density at radius 2 is 1.50 bits per heavy atom. The third-order valence-corrected chi connectivity index (χ3v) is 3.68. The number of hydrogen-bond donors (Lipinski definition) is 2. The maximum Gasteiger partial charge on any atom is 0.253 e. The molecule has 8 heteroatoms. The molecule has 2 aromatic carbocycles. The highest BCUT2D eigenvalue weighted by Crippen LogP contribution is 2.20. The smallest absolute Gasteiger partial charge is 0.253 e. The number of rotatable bonds is 7. The highest BCUT2D eigenvalue weighted by Gasteiger charge is 2.15. The lowest BCUT2D eigenvalue weighted by Gasteiger charge is -2.19. The average molecular weight is 387 g/mol. The maximum absolute atomic E-state index is 12.9. The van der Waals surface area contributed by atoms with Gasteiger partial charge in [-0.2, -0.15) is 0 Å². The lowest BCUT2D eigenvalue weighted by Crippen LogP contribution is -2.31. The van der Waals surface area contributed by atoms with Gasteiger partial charge in [-0.3, -0.25) is 14.4 Å². The lowest BCUT2D eigenvalue weighted by molar-refractivity contribution is -0.115. The normalized spacial score (nSPS) is 10.1. The molecule has 0 fully saturated rings. The monoisotopic (exact) mass is 387 g/mol. The number of nitrogens with zero attached hydrogens (tertiary/aromatic N) is 1. The molecule has 0 bridgehead atoms. The molecule has 0 aromatic heterocycles. The van der Waals surface area contributed by atoms with Crippen LogP contribution in [0.3, 0.4) is 0 Å². The third-order valence-electron chi connectivity index (χ3n) is 3.68. The number of benzene rings is 2. The van der Waals surface area contributed by atoms with E-state index in [-0.39, 0.29) is 36.7 Å². The first-order valence-corrected chi connectivity index (χ1v) is 8.58. The van der Waals surface area contributed by atoms with Crippen molar-refractivity contribution in [3.05, 3.63) is 53.8 Å². The summed E-state index contributed by atoms with van der Waals surface area (Å²) in [7, 11) is 1.61. The van der Waals surface area contributed by atoms with E-state index in [1.54, 1.807) is 13.1 Å². The van der Waals surface area contributed by atoms with Gasteiger partial charge in [-0.15, -0.1) is 0 Å². The summed E-state index contributed by atoms with van der Waals surface area (Å²) < 4.78 is 18.4. The van der Waals surface area contributed by atoms with E-state index < -0.39 is 0 Å². The van der Waals surface area contributed by atoms with Crippen LogP contribution in [-0.2, 0) is 9.59 Å². The Morgan fingerprint density at radius 1 is 0.964 bits per heavy atom. The quantitative estimate of drug-likeness (QED) is 0.765. The van der Waals surface area contributed by atoms with Crippen LogP contribution in [0.2, 0.25) is 0 Å². The zero-order valence-electron chi connectivity index (χ0n) is 15.9. The highest BCUT2D eigenvalue weighted by molar-refractivity contribution is 5.99. The molecule has 0 atom stereocenters. The summed E-state index contributed by atoms with van der Waals surface area (Å²) in [5.74, 6) is -0.739. The maximum atomic E-state index is 12.9. The van der Waals surface area contributed by atoms with Gasteiger partial charge in [0.05, 0.1) is 6.54 Å². The van der Waals surface area contributed by atoms with Crippen molar-refractivity contribution in [1.82, 2.24) is 4.90 Å². The van der Waals surface area contributed by atoms with Crippen molar-refractivity contribution in [3.63, 3.8) is 0 Å². The van der Waals surface area contributed by atoms with E-state index in [2.05, 4.69) is 10.6 Å². The minimum atomic E-state index is -0.353. The minimum absolute atomic E-state index is 0.220. The zero-order chi connectivity index (χ0) is 20.7. The van der Waals surface area contributed by atoms with Gasteiger partial charge >= 0.3 is 0 Å². The fourth-order valence-electron chi connectivity index (χ4n) is 2.46. The van der Waals surface area contributed by atoms with Crippen LogP contribution in [-0.4, -0.2) is 42.8 Å². The van der Waals surface area contributed by atoms with E-state index >= 15 is 0 Å². The topological polar surface area (TPSA) is 87.7 Å². The number of amides is 3. The molecule has 2 aromatic rings. The van der Waals surface area contributed by atoms with Crippen LogP contribution in [0.15, 0.2) is 42.5 Å². The number of hydrogen-bond acceptors (Lipinski definition) is 4. The average Bonchev–Trinajstić information content (AvgIpc) is 2.61. The molecule has 2 rings (SSSR count). The molecule has 0 aliphatic heterocycles. The SMILES string of the molecule is CC(=O)Nc1cc(NC(C)=O)cc(C(=O)N(C)CCOc2ccc(F)cc2)c1. The van der Waals surface area contributed by atoms with Crippen molar-refractivity contribution in [2.75, 3.05) is 30.8 Å². The zero-order valence-corrected chi connectivity index (χ0v) is 15.9. The summed E-state index contributed by atoms with van der Waals surface area (Å²) in [6, 6.07) is 10.2. The van der Waals surface area contributed by atoms with Gasteiger partial charge in [0, 0.05) is 37.8 Å². The Morgan fingerprint density at radius 3 is 2.00 bits per heavy atom. The molecule has 0 aliphatic rings. The van der Waals surface area contributed by atoms with Gasteiger partial charge in [0.25, 0.3) is 5.91 Å². The van der Waals surface area contributed by atoms with Crippen molar-refractivity contribution in [1.29, 1.82) is 0 Å². The van der Waals surface area contributed by atoms with Gasteiger partial charge in [0.1, 0.15) is 18.2 Å². The molecule has 0 radical (unpaired) electrons. The van der Waals surface area contributed by atoms with Gasteiger partial charge in [0.2, 0.25) is 11.8 Å². The van der Waals surface area contributed by atoms with Gasteiger partial charge in [-0.25, -0.2) is 4.39 Å². The van der Waals surface area contributed by atoms with E-state index in [1.165, 1.54) is 55.1 Å². The Hall–Kier alpha value is -3.42. The van der Waals surface area contributed by atoms with Gasteiger partial charge in [-0.1, -0.05) is 0 Å². The number of carbonyl (C=O) groups excluding carboxylic acids is 3. The number of ether oxygens (including phenoxy) is 1. The van der Waals surface area contributed by atoms with Crippen molar-refractivity contribution >= 4 is 29.1 Å². The summed E-state index contributed by atoms with van der Waals surface area (Å²) in [4.78, 5) is 36.8. The van der Waals surface area contributed by atoms with E-state index in [0.29, 0.717) is 22.7 Å². The molecule has 0 spiro atoms. The van der Waals surface area contributed by atoms with Crippen LogP contribution in [0.4, 0.5) is 15.8 Å². The molecule has 7 nitrogen and oxygen atoms in total. The standard InChI is InChI=1S/C20H22FN3O4/c1-13(25)22-17-10-15(11-18(12-17)23-14(2)26)20(27)24(3)8-9-28-19-6-4-16(21)5-7-19/h4-7,10-12H,8-9H2,1-3H3,(H,22,25)(H,23,26). The van der Waals surface area contributed by atoms with Crippen LogP contribution < -0.4 is 15.4 Å². The fourth-order valence-corrected chi connectivity index (χ4v) is 2.46. The van der Waals surface area contributed by atoms with Gasteiger partial charge < -0.3 is 20.3 Å². The van der Waals surface area contributed by atoms with E-state index in [1.807, 2.05) is 0 Å². The molecular weight excluding hydrogens is 365 g/mol. The van der Waals surface area contributed by atoms with E-state index in [9.17, 15) is 18.8 Å². The Bertz CT molecular complexity index is 834. The molecule has 28 heavy (non-hydrogen) atoms. The van der Waals surface area contributed by atoms with Crippen LogP contribution in [0.1, 0.15) is 24.2 Å². The van der Waals surface area contributed by atoms with Crippen LogP contribution in [0.25, 0.3) is 0 Å². The number of anilines is 2. The number of carbonyl (C=O) groups is 3. The van der Waals surface area contributed by atoms with Crippen LogP contribution in [0, 0.1) is 5.82 Å². The first-order valence-electron chi connectivity index (χ1n) is 8.58. The van der Waals surface area contributed by atoms with Gasteiger partial charge in [0.15, 0.2) is 0 Å². The molecule has 3 amide bonds.